The first-order valence-electron chi connectivity index (χ1n) is 4.49. The van der Waals surface area contributed by atoms with Gasteiger partial charge < -0.3 is 60.0 Å². The molecule has 4 atom stereocenters. The molecule has 4 radical (unpaired) electrons. The predicted molar refractivity (Wildman–Crippen MR) is 49.8 cm³/mol. The van der Waals surface area contributed by atoms with Crippen LogP contribution in [0.5, 0.6) is 0 Å². The second kappa shape index (κ2) is 11.3. The molecule has 0 heterocycles. The zero-order valence-corrected chi connectivity index (χ0v) is 13.8. The smallest absolute Gasteiger partial charge is 0.124 e. The van der Waals surface area contributed by atoms with E-state index in [1.54, 1.807) is 0 Å². The second-order valence-electron chi connectivity index (χ2n) is 3.06. The molecule has 0 saturated carbocycles. The van der Waals surface area contributed by atoms with Crippen LogP contribution in [0.25, 0.3) is 0 Å². The number of aliphatic hydroxyl groups is 4. The maximum atomic E-state index is 9.63. The number of carbonyl (C=O) groups excluding carboxylic acids is 4. The van der Waals surface area contributed by atoms with Gasteiger partial charge in [0, 0.05) is 27.3 Å². The molecule has 0 aliphatic heterocycles. The van der Waals surface area contributed by atoms with Crippen LogP contribution < -0.4 is 20.4 Å². The van der Waals surface area contributed by atoms with Gasteiger partial charge in [0.1, 0.15) is 24.4 Å². The van der Waals surface area contributed by atoms with Crippen molar-refractivity contribution in [2.45, 2.75) is 24.4 Å². The minimum atomic E-state index is -2.44. The van der Waals surface area contributed by atoms with Crippen LogP contribution in [0.3, 0.4) is 0 Å². The van der Waals surface area contributed by atoms with Crippen LogP contribution in [-0.2, 0) is 19.2 Å². The first-order chi connectivity index (χ1) is 8.93. The van der Waals surface area contributed by atoms with E-state index in [2.05, 4.69) is 0 Å². The second-order valence-corrected chi connectivity index (χ2v) is 3.06. The van der Waals surface area contributed by atoms with Gasteiger partial charge in [-0.15, -0.1) is 0 Å². The standard InChI is InChI=1S/2C4H6O6.Pb/c2*5-1(3(7)8)2(6)4(9)10;/h2*1-2,5-6H,(H,7,8)(H,9,10);/p-4. The molecule has 4 unspecified atom stereocenters. The maximum Gasteiger partial charge on any atom is 0.124 e. The van der Waals surface area contributed by atoms with E-state index in [1.165, 1.54) is 0 Å². The molecule has 120 valence electrons. The van der Waals surface area contributed by atoms with Gasteiger partial charge >= 0.3 is 0 Å². The number of rotatable bonds is 6. The SMILES string of the molecule is O=C([O-])C(O)C(O)C(=O)[O-].O=C([O-])C(O)C(O)C(=O)[O-].[Pb]. The van der Waals surface area contributed by atoms with Crippen molar-refractivity contribution < 1.29 is 60.0 Å². The molecule has 0 rings (SSSR count). The van der Waals surface area contributed by atoms with Crippen molar-refractivity contribution in [3.8, 4) is 0 Å². The molecule has 0 aromatic rings. The minimum Gasteiger partial charge on any atom is -0.547 e. The molecule has 0 aliphatic carbocycles. The molecule has 13 heteroatoms. The quantitative estimate of drug-likeness (QED) is 0.247. The van der Waals surface area contributed by atoms with E-state index in [1.807, 2.05) is 0 Å². The van der Waals surface area contributed by atoms with Crippen molar-refractivity contribution in [2.75, 3.05) is 0 Å². The van der Waals surface area contributed by atoms with Gasteiger partial charge in [-0.2, -0.15) is 0 Å². The molecule has 0 aromatic carbocycles. The summed E-state index contributed by atoms with van der Waals surface area (Å²) < 4.78 is 0. The molecular weight excluding hydrogens is 495 g/mol. The van der Waals surface area contributed by atoms with Crippen LogP contribution in [0, 0.1) is 0 Å². The Labute approximate surface area is 136 Å². The summed E-state index contributed by atoms with van der Waals surface area (Å²) in [6, 6.07) is 0. The Morgan fingerprint density at radius 1 is 0.524 bits per heavy atom. The van der Waals surface area contributed by atoms with E-state index in [9.17, 15) is 39.6 Å². The molecule has 0 aliphatic rings. The van der Waals surface area contributed by atoms with Crippen LogP contribution >= 0.6 is 0 Å². The number of carbonyl (C=O) groups is 4. The molecule has 0 amide bonds. The third-order valence-corrected chi connectivity index (χ3v) is 1.56. The zero-order valence-electron chi connectivity index (χ0n) is 9.86. The van der Waals surface area contributed by atoms with E-state index in [0.29, 0.717) is 0 Å². The Balaban J connectivity index is -0.000000295. The Kier molecular flexibility index (Phi) is 13.3. The molecule has 0 aromatic heterocycles. The molecule has 0 fully saturated rings. The van der Waals surface area contributed by atoms with Gasteiger partial charge in [-0.25, -0.2) is 0 Å². The van der Waals surface area contributed by atoms with Gasteiger partial charge in [0.15, 0.2) is 0 Å². The normalized spacial score (nSPS) is 15.0. The van der Waals surface area contributed by atoms with Crippen molar-refractivity contribution in [1.29, 1.82) is 0 Å². The van der Waals surface area contributed by atoms with Crippen molar-refractivity contribution in [3.63, 3.8) is 0 Å². The number of carboxylic acids is 4. The van der Waals surface area contributed by atoms with Crippen molar-refractivity contribution >= 4 is 51.2 Å². The molecule has 0 spiro atoms. The average molecular weight is 503 g/mol. The van der Waals surface area contributed by atoms with Gasteiger partial charge in [0.25, 0.3) is 0 Å². The summed E-state index contributed by atoms with van der Waals surface area (Å²) in [4.78, 5) is 38.5. The fourth-order valence-electron chi connectivity index (χ4n) is 0.516. The largest absolute Gasteiger partial charge is 0.547 e. The van der Waals surface area contributed by atoms with Crippen LogP contribution in [-0.4, -0.2) is 96.0 Å². The third kappa shape index (κ3) is 10.1. The van der Waals surface area contributed by atoms with Crippen LogP contribution in [0.4, 0.5) is 0 Å². The Morgan fingerprint density at radius 2 is 0.619 bits per heavy atom. The molecule has 4 N–H and O–H groups in total. The first-order valence-corrected chi connectivity index (χ1v) is 4.49. The van der Waals surface area contributed by atoms with Gasteiger partial charge in [0.2, 0.25) is 0 Å². The maximum absolute atomic E-state index is 9.63. The van der Waals surface area contributed by atoms with E-state index in [4.69, 9.17) is 20.4 Å². The molecule has 0 saturated heterocycles. The predicted octanol–water partition coefficient (Wildman–Crippen LogP) is -9.96. The van der Waals surface area contributed by atoms with Crippen molar-refractivity contribution in [2.24, 2.45) is 0 Å². The first kappa shape index (κ1) is 24.6. The number of hydrogen-bond donors (Lipinski definition) is 4. The summed E-state index contributed by atoms with van der Waals surface area (Å²) in [5.41, 5.74) is 0. The van der Waals surface area contributed by atoms with Crippen LogP contribution in [0.2, 0.25) is 0 Å². The van der Waals surface area contributed by atoms with Gasteiger partial charge in [0.05, 0.1) is 23.9 Å². The fraction of sp³-hybridized carbons (Fsp3) is 0.500. The van der Waals surface area contributed by atoms with E-state index < -0.39 is 48.3 Å². The monoisotopic (exact) mass is 504 g/mol. The number of aliphatic hydroxyl groups excluding tert-OH is 4. The average Bonchev–Trinajstić information content (AvgIpc) is 2.35. The summed E-state index contributed by atoms with van der Waals surface area (Å²) in [6.45, 7) is 0. The summed E-state index contributed by atoms with van der Waals surface area (Å²) in [6.07, 6.45) is -9.76. The summed E-state index contributed by atoms with van der Waals surface area (Å²) in [7, 11) is 0. The Morgan fingerprint density at radius 3 is 0.667 bits per heavy atom. The molecule has 12 nitrogen and oxygen atoms in total. The molecule has 21 heavy (non-hydrogen) atoms. The van der Waals surface area contributed by atoms with Crippen molar-refractivity contribution in [1.82, 2.24) is 0 Å². The Hall–Kier alpha value is -1.36. The van der Waals surface area contributed by atoms with Gasteiger partial charge in [-0.05, 0) is 0 Å². The number of aliphatic carboxylic acids is 4. The van der Waals surface area contributed by atoms with Crippen LogP contribution in [0.15, 0.2) is 0 Å². The Bertz CT molecular complexity index is 309. The number of carboxylic acid groups (broad SMARTS) is 4. The summed E-state index contributed by atoms with van der Waals surface area (Å²) in [5.74, 6) is -8.23. The zero-order chi connectivity index (χ0) is 16.6. The fourth-order valence-corrected chi connectivity index (χ4v) is 0.516. The third-order valence-electron chi connectivity index (χ3n) is 1.56. The number of hydrogen-bond acceptors (Lipinski definition) is 12. The van der Waals surface area contributed by atoms with E-state index >= 15 is 0 Å². The van der Waals surface area contributed by atoms with Crippen LogP contribution in [0.1, 0.15) is 0 Å². The summed E-state index contributed by atoms with van der Waals surface area (Å²) in [5, 5.41) is 71.5. The molecule has 0 bridgehead atoms. The molecular formula is C8H8O12Pb-4. The minimum absolute atomic E-state index is 0. The summed E-state index contributed by atoms with van der Waals surface area (Å²) >= 11 is 0. The topological polar surface area (TPSA) is 241 Å². The van der Waals surface area contributed by atoms with E-state index in [-0.39, 0.29) is 27.3 Å². The van der Waals surface area contributed by atoms with E-state index in [0.717, 1.165) is 0 Å². The van der Waals surface area contributed by atoms with Gasteiger partial charge in [-0.3, -0.25) is 0 Å². The van der Waals surface area contributed by atoms with Crippen molar-refractivity contribution in [3.05, 3.63) is 0 Å². The van der Waals surface area contributed by atoms with Gasteiger partial charge in [-0.1, -0.05) is 0 Å².